The second-order valence-electron chi connectivity index (χ2n) is 5.90. The predicted octanol–water partition coefficient (Wildman–Crippen LogP) is 1.95. The molecule has 3 atom stereocenters. The molecule has 1 aliphatic heterocycles. The van der Waals surface area contributed by atoms with Gasteiger partial charge >= 0.3 is 5.97 Å². The number of rotatable bonds is 5. The van der Waals surface area contributed by atoms with Crippen LogP contribution in [0.4, 0.5) is 0 Å². The van der Waals surface area contributed by atoms with Crippen molar-refractivity contribution in [1.82, 2.24) is 5.32 Å². The summed E-state index contributed by atoms with van der Waals surface area (Å²) in [5, 5.41) is 12.1. The van der Waals surface area contributed by atoms with Crippen LogP contribution in [0.1, 0.15) is 51.4 Å². The molecule has 0 spiro atoms. The summed E-state index contributed by atoms with van der Waals surface area (Å²) in [6.45, 7) is 1.41. The Morgan fingerprint density at radius 1 is 1.05 bits per heavy atom. The highest BCUT2D eigenvalue weighted by Gasteiger charge is 2.35. The van der Waals surface area contributed by atoms with Gasteiger partial charge in [-0.15, -0.1) is 0 Å². The van der Waals surface area contributed by atoms with E-state index in [9.17, 15) is 14.7 Å². The van der Waals surface area contributed by atoms with Crippen molar-refractivity contribution in [2.45, 2.75) is 57.5 Å². The lowest BCUT2D eigenvalue weighted by Crippen LogP contribution is -2.40. The van der Waals surface area contributed by atoms with Gasteiger partial charge in [0.1, 0.15) is 0 Å². The first-order valence-electron chi connectivity index (χ1n) is 7.80. The van der Waals surface area contributed by atoms with Gasteiger partial charge in [-0.3, -0.25) is 9.59 Å². The van der Waals surface area contributed by atoms with Crippen molar-refractivity contribution < 1.29 is 19.4 Å². The monoisotopic (exact) mass is 283 g/mol. The van der Waals surface area contributed by atoms with Gasteiger partial charge in [-0.25, -0.2) is 0 Å². The Hall–Kier alpha value is -1.10. The van der Waals surface area contributed by atoms with E-state index in [0.717, 1.165) is 38.7 Å². The van der Waals surface area contributed by atoms with Gasteiger partial charge in [0.2, 0.25) is 5.91 Å². The Labute approximate surface area is 120 Å². The van der Waals surface area contributed by atoms with E-state index in [1.54, 1.807) is 0 Å². The third-order valence-electron chi connectivity index (χ3n) is 4.46. The van der Waals surface area contributed by atoms with Crippen molar-refractivity contribution in [3.63, 3.8) is 0 Å². The number of hydrogen-bond donors (Lipinski definition) is 2. The zero-order valence-electron chi connectivity index (χ0n) is 12.0. The zero-order chi connectivity index (χ0) is 14.4. The molecule has 0 aromatic heterocycles. The van der Waals surface area contributed by atoms with Crippen LogP contribution in [0.25, 0.3) is 0 Å². The number of carbonyl (C=O) groups excluding carboxylic acids is 1. The van der Waals surface area contributed by atoms with Crippen molar-refractivity contribution in [3.8, 4) is 0 Å². The van der Waals surface area contributed by atoms with Gasteiger partial charge in [0.05, 0.1) is 17.9 Å². The van der Waals surface area contributed by atoms with E-state index in [2.05, 4.69) is 5.32 Å². The maximum atomic E-state index is 12.1. The molecule has 1 unspecified atom stereocenters. The van der Waals surface area contributed by atoms with Crippen molar-refractivity contribution in [1.29, 1.82) is 0 Å². The number of nitrogens with one attached hydrogen (secondary N) is 1. The highest BCUT2D eigenvalue weighted by atomic mass is 16.5. The first-order chi connectivity index (χ1) is 9.68. The van der Waals surface area contributed by atoms with Crippen LogP contribution in [-0.4, -0.2) is 36.2 Å². The fourth-order valence-corrected chi connectivity index (χ4v) is 3.26. The number of carboxylic acid groups (broad SMARTS) is 1. The molecule has 0 aromatic carbocycles. The molecular weight excluding hydrogens is 258 g/mol. The molecule has 1 heterocycles. The van der Waals surface area contributed by atoms with Crippen LogP contribution in [0.5, 0.6) is 0 Å². The number of aliphatic carboxylic acids is 1. The summed E-state index contributed by atoms with van der Waals surface area (Å²) in [6, 6.07) is 0. The molecule has 2 rings (SSSR count). The maximum absolute atomic E-state index is 12.1. The number of carboxylic acids is 1. The molecule has 2 N–H and O–H groups in total. The van der Waals surface area contributed by atoms with E-state index in [1.165, 1.54) is 6.42 Å². The van der Waals surface area contributed by atoms with E-state index in [-0.39, 0.29) is 17.9 Å². The molecule has 2 aliphatic rings. The second-order valence-corrected chi connectivity index (χ2v) is 5.90. The second kappa shape index (κ2) is 7.62. The summed E-state index contributed by atoms with van der Waals surface area (Å²) < 4.78 is 5.62. The molecule has 1 saturated heterocycles. The Bertz CT molecular complexity index is 339. The van der Waals surface area contributed by atoms with Gasteiger partial charge < -0.3 is 15.2 Å². The third kappa shape index (κ3) is 4.20. The molecule has 1 amide bonds. The molecule has 1 aliphatic carbocycles. The molecule has 5 nitrogen and oxygen atoms in total. The summed E-state index contributed by atoms with van der Waals surface area (Å²) in [5.74, 6) is -1.78. The predicted molar refractivity (Wildman–Crippen MR) is 74.3 cm³/mol. The van der Waals surface area contributed by atoms with Crippen molar-refractivity contribution >= 4 is 11.9 Å². The summed E-state index contributed by atoms with van der Waals surface area (Å²) in [5.41, 5.74) is 0. The first-order valence-corrected chi connectivity index (χ1v) is 7.80. The van der Waals surface area contributed by atoms with Crippen LogP contribution in [0.2, 0.25) is 0 Å². The molecule has 2 fully saturated rings. The van der Waals surface area contributed by atoms with Gasteiger partial charge in [-0.1, -0.05) is 12.8 Å². The number of hydrogen-bond acceptors (Lipinski definition) is 3. The maximum Gasteiger partial charge on any atom is 0.307 e. The van der Waals surface area contributed by atoms with E-state index < -0.39 is 11.9 Å². The van der Waals surface area contributed by atoms with Gasteiger partial charge in [0.15, 0.2) is 0 Å². The largest absolute Gasteiger partial charge is 0.481 e. The SMILES string of the molecule is O=C(O)[C@H]1CCCC[C@H]1C(=O)NCCC1CCCCO1. The minimum Gasteiger partial charge on any atom is -0.481 e. The Morgan fingerprint density at radius 2 is 1.75 bits per heavy atom. The lowest BCUT2D eigenvalue weighted by molar-refractivity contribution is -0.148. The summed E-state index contributed by atoms with van der Waals surface area (Å²) in [6.07, 6.45) is 7.66. The zero-order valence-corrected chi connectivity index (χ0v) is 12.0. The molecular formula is C15H25NO4. The fraction of sp³-hybridized carbons (Fsp3) is 0.867. The summed E-state index contributed by atoms with van der Waals surface area (Å²) >= 11 is 0. The lowest BCUT2D eigenvalue weighted by atomic mass is 9.78. The van der Waals surface area contributed by atoms with E-state index in [4.69, 9.17) is 4.74 Å². The lowest BCUT2D eigenvalue weighted by Gasteiger charge is -2.28. The minimum atomic E-state index is -0.833. The highest BCUT2D eigenvalue weighted by Crippen LogP contribution is 2.30. The quantitative estimate of drug-likeness (QED) is 0.808. The average Bonchev–Trinajstić information content (AvgIpc) is 2.48. The molecule has 0 aromatic rings. The molecule has 1 saturated carbocycles. The summed E-state index contributed by atoms with van der Waals surface area (Å²) in [7, 11) is 0. The molecule has 20 heavy (non-hydrogen) atoms. The van der Waals surface area contributed by atoms with E-state index in [0.29, 0.717) is 19.4 Å². The van der Waals surface area contributed by atoms with Crippen LogP contribution < -0.4 is 5.32 Å². The van der Waals surface area contributed by atoms with Crippen molar-refractivity contribution in [2.75, 3.05) is 13.2 Å². The average molecular weight is 283 g/mol. The van der Waals surface area contributed by atoms with Crippen LogP contribution >= 0.6 is 0 Å². The molecule has 0 bridgehead atoms. The molecule has 5 heteroatoms. The number of ether oxygens (including phenoxy) is 1. The van der Waals surface area contributed by atoms with Gasteiger partial charge in [-0.2, -0.15) is 0 Å². The third-order valence-corrected chi connectivity index (χ3v) is 4.46. The first kappa shape index (κ1) is 15.3. The Kier molecular flexibility index (Phi) is 5.83. The van der Waals surface area contributed by atoms with Crippen molar-refractivity contribution in [3.05, 3.63) is 0 Å². The Morgan fingerprint density at radius 3 is 2.40 bits per heavy atom. The molecule has 114 valence electrons. The number of carbonyl (C=O) groups is 2. The van der Waals surface area contributed by atoms with E-state index in [1.807, 2.05) is 0 Å². The Balaban J connectivity index is 1.73. The van der Waals surface area contributed by atoms with E-state index >= 15 is 0 Å². The van der Waals surface area contributed by atoms with Gasteiger partial charge in [0.25, 0.3) is 0 Å². The van der Waals surface area contributed by atoms with Crippen molar-refractivity contribution in [2.24, 2.45) is 11.8 Å². The summed E-state index contributed by atoms with van der Waals surface area (Å²) in [4.78, 5) is 23.3. The molecule has 0 radical (unpaired) electrons. The van der Waals surface area contributed by atoms with Crippen LogP contribution in [0.15, 0.2) is 0 Å². The standard InChI is InChI=1S/C15H25NO4/c17-14(12-6-1-2-7-13(12)15(18)19)16-9-8-11-5-3-4-10-20-11/h11-13H,1-10H2,(H,16,17)(H,18,19)/t11?,12-,13+/m1/s1. The normalized spacial score (nSPS) is 30.7. The van der Waals surface area contributed by atoms with Crippen LogP contribution in [0.3, 0.4) is 0 Å². The topological polar surface area (TPSA) is 75.6 Å². The van der Waals surface area contributed by atoms with Crippen LogP contribution in [0, 0.1) is 11.8 Å². The van der Waals surface area contributed by atoms with Gasteiger partial charge in [0, 0.05) is 13.2 Å². The smallest absolute Gasteiger partial charge is 0.307 e. The fourth-order valence-electron chi connectivity index (χ4n) is 3.26. The number of amides is 1. The minimum absolute atomic E-state index is 0.0899. The highest BCUT2D eigenvalue weighted by molar-refractivity contribution is 5.84. The van der Waals surface area contributed by atoms with Crippen LogP contribution in [-0.2, 0) is 14.3 Å². The van der Waals surface area contributed by atoms with Gasteiger partial charge in [-0.05, 0) is 38.5 Å².